The molecule has 1 saturated heterocycles. The normalized spacial score (nSPS) is 19.5. The van der Waals surface area contributed by atoms with Gasteiger partial charge < -0.3 is 20.4 Å². The number of ether oxygens (including phenoxy) is 1. The number of anilines is 1. The lowest BCUT2D eigenvalue weighted by Crippen LogP contribution is -2.46. The van der Waals surface area contributed by atoms with Gasteiger partial charge in [0, 0.05) is 31.2 Å². The minimum Gasteiger partial charge on any atom is -0.373 e. The molecule has 0 saturated carbocycles. The first-order chi connectivity index (χ1) is 10.4. The van der Waals surface area contributed by atoms with Gasteiger partial charge in [0.25, 0.3) is 0 Å². The highest BCUT2D eigenvalue weighted by Gasteiger charge is 2.23. The van der Waals surface area contributed by atoms with E-state index < -0.39 is 0 Å². The number of aromatic nitrogens is 4. The van der Waals surface area contributed by atoms with Crippen LogP contribution in [0.15, 0.2) is 24.8 Å². The first kappa shape index (κ1) is 12.5. The van der Waals surface area contributed by atoms with Gasteiger partial charge in [0.2, 0.25) is 0 Å². The highest BCUT2D eigenvalue weighted by atomic mass is 16.5. The Morgan fingerprint density at radius 1 is 1.43 bits per heavy atom. The Balaban J connectivity index is 1.88. The monoisotopic (exact) mass is 284 g/mol. The average molecular weight is 284 g/mol. The minimum absolute atomic E-state index is 0.0515. The van der Waals surface area contributed by atoms with Crippen LogP contribution in [0.5, 0.6) is 0 Å². The predicted octanol–water partition coefficient (Wildman–Crippen LogP) is 0.670. The van der Waals surface area contributed by atoms with E-state index in [1.165, 1.54) is 0 Å². The van der Waals surface area contributed by atoms with Crippen molar-refractivity contribution in [1.82, 2.24) is 19.9 Å². The van der Waals surface area contributed by atoms with Gasteiger partial charge in [-0.1, -0.05) is 0 Å². The van der Waals surface area contributed by atoms with Crippen LogP contribution in [0.2, 0.25) is 0 Å². The van der Waals surface area contributed by atoms with Gasteiger partial charge in [0.05, 0.1) is 29.8 Å². The standard InChI is InChI=1S/C14H16N6O/c15-5-9-7-20(3-4-21-9)14-12-10-1-2-16-6-11(10)19-13(12)17-8-18-14/h1-2,6,8-9H,3-5,7,15H2,(H,17,18,19)/t9-/m0/s1. The summed E-state index contributed by atoms with van der Waals surface area (Å²) in [5, 5.41) is 2.12. The summed E-state index contributed by atoms with van der Waals surface area (Å²) in [5.41, 5.74) is 7.53. The molecule has 0 unspecified atom stereocenters. The van der Waals surface area contributed by atoms with Crippen molar-refractivity contribution < 1.29 is 4.74 Å². The zero-order valence-electron chi connectivity index (χ0n) is 11.5. The number of morpholine rings is 1. The lowest BCUT2D eigenvalue weighted by atomic mass is 10.2. The minimum atomic E-state index is 0.0515. The molecule has 1 fully saturated rings. The van der Waals surface area contributed by atoms with Crippen molar-refractivity contribution in [3.8, 4) is 0 Å². The molecule has 1 aliphatic heterocycles. The molecule has 3 aromatic rings. The molecule has 0 bridgehead atoms. The van der Waals surface area contributed by atoms with E-state index in [4.69, 9.17) is 10.5 Å². The van der Waals surface area contributed by atoms with E-state index in [0.717, 1.165) is 40.8 Å². The van der Waals surface area contributed by atoms with Crippen molar-refractivity contribution in [3.63, 3.8) is 0 Å². The van der Waals surface area contributed by atoms with Gasteiger partial charge in [-0.2, -0.15) is 0 Å². The molecular weight excluding hydrogens is 268 g/mol. The number of rotatable bonds is 2. The van der Waals surface area contributed by atoms with Gasteiger partial charge in [0.1, 0.15) is 17.8 Å². The highest BCUT2D eigenvalue weighted by molar-refractivity contribution is 6.10. The number of H-pyrrole nitrogens is 1. The Bertz CT molecular complexity index is 785. The second kappa shape index (κ2) is 4.94. The molecule has 3 aromatic heterocycles. The summed E-state index contributed by atoms with van der Waals surface area (Å²) >= 11 is 0. The summed E-state index contributed by atoms with van der Waals surface area (Å²) in [6, 6.07) is 1.99. The topological polar surface area (TPSA) is 93.0 Å². The van der Waals surface area contributed by atoms with Crippen molar-refractivity contribution >= 4 is 27.8 Å². The van der Waals surface area contributed by atoms with E-state index >= 15 is 0 Å². The fourth-order valence-corrected chi connectivity index (χ4v) is 2.85. The van der Waals surface area contributed by atoms with Crippen molar-refractivity contribution in [2.75, 3.05) is 31.1 Å². The van der Waals surface area contributed by atoms with Crippen LogP contribution >= 0.6 is 0 Å². The van der Waals surface area contributed by atoms with Crippen LogP contribution in [0.1, 0.15) is 0 Å². The van der Waals surface area contributed by atoms with Gasteiger partial charge in [-0.3, -0.25) is 4.98 Å². The number of nitrogens with zero attached hydrogens (tertiary/aromatic N) is 4. The van der Waals surface area contributed by atoms with Crippen LogP contribution in [0.3, 0.4) is 0 Å². The molecule has 0 amide bonds. The zero-order valence-corrected chi connectivity index (χ0v) is 11.5. The summed E-state index contributed by atoms with van der Waals surface area (Å²) < 4.78 is 5.63. The first-order valence-corrected chi connectivity index (χ1v) is 7.00. The van der Waals surface area contributed by atoms with Crippen molar-refractivity contribution in [2.24, 2.45) is 5.73 Å². The van der Waals surface area contributed by atoms with Crippen LogP contribution in [0.4, 0.5) is 5.82 Å². The van der Waals surface area contributed by atoms with Crippen molar-refractivity contribution in [1.29, 1.82) is 0 Å². The van der Waals surface area contributed by atoms with E-state index in [-0.39, 0.29) is 6.10 Å². The van der Waals surface area contributed by atoms with Crippen LogP contribution in [-0.4, -0.2) is 52.3 Å². The SMILES string of the molecule is NC[C@H]1CN(c2ncnc3[nH]c4cnccc4c23)CCO1. The predicted molar refractivity (Wildman–Crippen MR) is 80.2 cm³/mol. The third kappa shape index (κ3) is 2.01. The van der Waals surface area contributed by atoms with E-state index in [9.17, 15) is 0 Å². The lowest BCUT2D eigenvalue weighted by Gasteiger charge is -2.33. The summed E-state index contributed by atoms with van der Waals surface area (Å²) in [5.74, 6) is 0.930. The summed E-state index contributed by atoms with van der Waals surface area (Å²) in [4.78, 5) is 18.5. The maximum atomic E-state index is 5.73. The van der Waals surface area contributed by atoms with Gasteiger partial charge in [-0.25, -0.2) is 9.97 Å². The van der Waals surface area contributed by atoms with Crippen molar-refractivity contribution in [3.05, 3.63) is 24.8 Å². The quantitative estimate of drug-likeness (QED) is 0.718. The van der Waals surface area contributed by atoms with E-state index in [1.807, 2.05) is 12.3 Å². The van der Waals surface area contributed by atoms with Crippen LogP contribution in [0, 0.1) is 0 Å². The van der Waals surface area contributed by atoms with Gasteiger partial charge >= 0.3 is 0 Å². The number of nitrogens with one attached hydrogen (secondary N) is 1. The van der Waals surface area contributed by atoms with Crippen molar-refractivity contribution in [2.45, 2.75) is 6.10 Å². The highest BCUT2D eigenvalue weighted by Crippen LogP contribution is 2.31. The number of hydrogen-bond acceptors (Lipinski definition) is 6. The molecule has 21 heavy (non-hydrogen) atoms. The van der Waals surface area contributed by atoms with Crippen LogP contribution in [0.25, 0.3) is 21.9 Å². The molecule has 108 valence electrons. The van der Waals surface area contributed by atoms with Gasteiger partial charge in [-0.15, -0.1) is 0 Å². The summed E-state index contributed by atoms with van der Waals surface area (Å²) in [6.45, 7) is 2.74. The van der Waals surface area contributed by atoms with E-state index in [0.29, 0.717) is 13.2 Å². The molecule has 0 aliphatic carbocycles. The maximum absolute atomic E-state index is 5.73. The molecule has 4 heterocycles. The number of nitrogens with two attached hydrogens (primary N) is 1. The molecule has 1 atom stereocenters. The Labute approximate surface area is 121 Å². The number of aromatic amines is 1. The first-order valence-electron chi connectivity index (χ1n) is 7.00. The smallest absolute Gasteiger partial charge is 0.143 e. The molecule has 0 radical (unpaired) electrons. The third-order valence-electron chi connectivity index (χ3n) is 3.87. The molecular formula is C14H16N6O. The Hall–Kier alpha value is -2.25. The molecule has 3 N–H and O–H groups in total. The van der Waals surface area contributed by atoms with Gasteiger partial charge in [0.15, 0.2) is 0 Å². The van der Waals surface area contributed by atoms with E-state index in [2.05, 4.69) is 24.8 Å². The maximum Gasteiger partial charge on any atom is 0.143 e. The zero-order chi connectivity index (χ0) is 14.2. The molecule has 0 spiro atoms. The van der Waals surface area contributed by atoms with Crippen LogP contribution < -0.4 is 10.6 Å². The molecule has 7 nitrogen and oxygen atoms in total. The Morgan fingerprint density at radius 2 is 2.38 bits per heavy atom. The summed E-state index contributed by atoms with van der Waals surface area (Å²) in [7, 11) is 0. The Kier molecular flexibility index (Phi) is 2.94. The molecule has 4 rings (SSSR count). The Morgan fingerprint density at radius 3 is 3.29 bits per heavy atom. The lowest BCUT2D eigenvalue weighted by molar-refractivity contribution is 0.0464. The van der Waals surface area contributed by atoms with Crippen LogP contribution in [-0.2, 0) is 4.74 Å². The third-order valence-corrected chi connectivity index (χ3v) is 3.87. The number of hydrogen-bond donors (Lipinski definition) is 2. The second-order valence-corrected chi connectivity index (χ2v) is 5.14. The molecule has 0 aromatic carbocycles. The van der Waals surface area contributed by atoms with Gasteiger partial charge in [-0.05, 0) is 6.07 Å². The largest absolute Gasteiger partial charge is 0.373 e. The molecule has 1 aliphatic rings. The molecule has 7 heteroatoms. The number of fused-ring (bicyclic) bond motifs is 3. The number of pyridine rings is 1. The van der Waals surface area contributed by atoms with E-state index in [1.54, 1.807) is 12.5 Å². The average Bonchev–Trinajstić information content (AvgIpc) is 2.93. The fourth-order valence-electron chi connectivity index (χ4n) is 2.85. The fraction of sp³-hybridized carbons (Fsp3) is 0.357. The summed E-state index contributed by atoms with van der Waals surface area (Å²) in [6.07, 6.45) is 5.24. The second-order valence-electron chi connectivity index (χ2n) is 5.14.